The van der Waals surface area contributed by atoms with Crippen LogP contribution in [0, 0.1) is 5.82 Å². The smallest absolute Gasteiger partial charge is 0.229 e. The van der Waals surface area contributed by atoms with Crippen molar-refractivity contribution in [3.8, 4) is 11.5 Å². The van der Waals surface area contributed by atoms with Crippen molar-refractivity contribution in [1.29, 1.82) is 0 Å². The molecule has 0 unspecified atom stereocenters. The number of methoxy groups -OCH3 is 2. The van der Waals surface area contributed by atoms with Gasteiger partial charge in [-0.2, -0.15) is 4.98 Å². The largest absolute Gasteiger partial charge is 0.497 e. The summed E-state index contributed by atoms with van der Waals surface area (Å²) in [5.74, 6) is 1.13. The van der Waals surface area contributed by atoms with Gasteiger partial charge in [-0.15, -0.1) is 0 Å². The molecule has 6 nitrogen and oxygen atoms in total. The Bertz CT molecular complexity index is 873. The monoisotopic (exact) mass is 340 g/mol. The molecular formula is C18H17FN4O2. The maximum absolute atomic E-state index is 14.0. The van der Waals surface area contributed by atoms with Crippen molar-refractivity contribution in [2.24, 2.45) is 0 Å². The average Bonchev–Trinajstić information content (AvgIpc) is 2.65. The second-order valence-corrected chi connectivity index (χ2v) is 5.10. The summed E-state index contributed by atoms with van der Waals surface area (Å²) in [6.45, 7) is 0. The van der Waals surface area contributed by atoms with E-state index in [4.69, 9.17) is 9.47 Å². The molecule has 0 aliphatic heterocycles. The molecule has 2 aromatic carbocycles. The number of aromatic nitrogens is 2. The highest BCUT2D eigenvalue weighted by atomic mass is 19.1. The van der Waals surface area contributed by atoms with Gasteiger partial charge in [-0.3, -0.25) is 0 Å². The van der Waals surface area contributed by atoms with Crippen LogP contribution in [0.5, 0.6) is 11.5 Å². The molecular weight excluding hydrogens is 323 g/mol. The van der Waals surface area contributed by atoms with Crippen molar-refractivity contribution in [3.63, 3.8) is 0 Å². The van der Waals surface area contributed by atoms with Gasteiger partial charge in [0.15, 0.2) is 11.6 Å². The van der Waals surface area contributed by atoms with Crippen molar-refractivity contribution in [1.82, 2.24) is 9.97 Å². The molecule has 0 fully saturated rings. The number of halogens is 1. The Morgan fingerprint density at radius 2 is 1.48 bits per heavy atom. The fourth-order valence-corrected chi connectivity index (χ4v) is 2.18. The number of nitrogens with one attached hydrogen (secondary N) is 2. The molecule has 1 aromatic heterocycles. The normalized spacial score (nSPS) is 10.2. The lowest BCUT2D eigenvalue weighted by atomic mass is 10.3. The molecule has 0 aliphatic carbocycles. The lowest BCUT2D eigenvalue weighted by Crippen LogP contribution is -2.03. The zero-order valence-electron chi connectivity index (χ0n) is 13.8. The van der Waals surface area contributed by atoms with Crippen molar-refractivity contribution >= 4 is 23.1 Å². The molecule has 1 heterocycles. The van der Waals surface area contributed by atoms with Crippen LogP contribution in [-0.4, -0.2) is 24.2 Å². The summed E-state index contributed by atoms with van der Waals surface area (Å²) in [4.78, 5) is 8.15. The summed E-state index contributed by atoms with van der Waals surface area (Å²) in [5.41, 5.74) is 1.39. The lowest BCUT2D eigenvalue weighted by molar-refractivity contribution is 0.415. The van der Waals surface area contributed by atoms with Crippen LogP contribution in [0.1, 0.15) is 0 Å². The van der Waals surface area contributed by atoms with Crippen LogP contribution in [0.3, 0.4) is 0 Å². The number of benzene rings is 2. The number of hydrogen-bond donors (Lipinski definition) is 2. The van der Waals surface area contributed by atoms with Crippen molar-refractivity contribution < 1.29 is 13.9 Å². The maximum Gasteiger partial charge on any atom is 0.229 e. The Morgan fingerprint density at radius 1 is 0.880 bits per heavy atom. The summed E-state index contributed by atoms with van der Waals surface area (Å²) in [6.07, 6.45) is 1.11. The van der Waals surface area contributed by atoms with Crippen LogP contribution < -0.4 is 20.1 Å². The first-order chi connectivity index (χ1) is 12.2. The van der Waals surface area contributed by atoms with Gasteiger partial charge < -0.3 is 20.1 Å². The van der Waals surface area contributed by atoms with Crippen LogP contribution in [0.15, 0.2) is 54.7 Å². The molecule has 0 bridgehead atoms. The van der Waals surface area contributed by atoms with E-state index in [0.717, 1.165) is 11.9 Å². The van der Waals surface area contributed by atoms with E-state index in [1.165, 1.54) is 0 Å². The Balaban J connectivity index is 1.82. The Morgan fingerprint density at radius 3 is 2.08 bits per heavy atom. The van der Waals surface area contributed by atoms with Gasteiger partial charge >= 0.3 is 0 Å². The first-order valence-corrected chi connectivity index (χ1v) is 7.52. The van der Waals surface area contributed by atoms with Gasteiger partial charge in [0.2, 0.25) is 5.95 Å². The van der Waals surface area contributed by atoms with E-state index in [2.05, 4.69) is 20.6 Å². The number of ether oxygens (including phenoxy) is 2. The van der Waals surface area contributed by atoms with E-state index in [-0.39, 0.29) is 11.8 Å². The number of hydrogen-bond acceptors (Lipinski definition) is 6. The second kappa shape index (κ2) is 7.48. The number of anilines is 4. The lowest BCUT2D eigenvalue weighted by Gasteiger charge is -2.11. The van der Waals surface area contributed by atoms with Crippen LogP contribution in [0.4, 0.5) is 27.5 Å². The van der Waals surface area contributed by atoms with E-state index in [1.54, 1.807) is 44.6 Å². The van der Waals surface area contributed by atoms with Crippen LogP contribution in [0.25, 0.3) is 0 Å². The molecule has 0 saturated heterocycles. The van der Waals surface area contributed by atoms with Crippen molar-refractivity contribution in [3.05, 3.63) is 60.5 Å². The van der Waals surface area contributed by atoms with Gasteiger partial charge in [0.1, 0.15) is 11.5 Å². The molecule has 0 atom stereocenters. The van der Waals surface area contributed by atoms with Crippen molar-refractivity contribution in [2.75, 3.05) is 24.9 Å². The summed E-state index contributed by atoms with van der Waals surface area (Å²) in [6, 6.07) is 14.4. The standard InChI is InChI=1S/C18H17FN4O2/c1-24-14-7-3-5-12(9-14)21-17-16(19)11-20-18(23-17)22-13-6-4-8-15(10-13)25-2/h3-11H,1-2H3,(H2,20,21,22,23). The molecule has 25 heavy (non-hydrogen) atoms. The minimum atomic E-state index is -0.556. The van der Waals surface area contributed by atoms with Gasteiger partial charge in [0.25, 0.3) is 0 Å². The quantitative estimate of drug-likeness (QED) is 0.703. The molecule has 0 spiro atoms. The number of nitrogens with zero attached hydrogens (tertiary/aromatic N) is 2. The predicted octanol–water partition coefficient (Wildman–Crippen LogP) is 4.12. The van der Waals surface area contributed by atoms with Gasteiger partial charge in [-0.05, 0) is 24.3 Å². The Hall–Kier alpha value is -3.35. The highest BCUT2D eigenvalue weighted by molar-refractivity contribution is 5.61. The van der Waals surface area contributed by atoms with Gasteiger partial charge in [0.05, 0.1) is 20.4 Å². The van der Waals surface area contributed by atoms with E-state index in [0.29, 0.717) is 17.2 Å². The molecule has 0 saturated carbocycles. The predicted molar refractivity (Wildman–Crippen MR) is 94.5 cm³/mol. The summed E-state index contributed by atoms with van der Waals surface area (Å²) < 4.78 is 24.4. The maximum atomic E-state index is 14.0. The van der Waals surface area contributed by atoms with E-state index in [9.17, 15) is 4.39 Å². The number of rotatable bonds is 6. The van der Waals surface area contributed by atoms with Gasteiger partial charge in [0, 0.05) is 23.5 Å². The third-order valence-electron chi connectivity index (χ3n) is 3.40. The fraction of sp³-hybridized carbons (Fsp3) is 0.111. The average molecular weight is 340 g/mol. The van der Waals surface area contributed by atoms with Gasteiger partial charge in [-0.25, -0.2) is 9.37 Å². The van der Waals surface area contributed by atoms with E-state index >= 15 is 0 Å². The topological polar surface area (TPSA) is 68.3 Å². The van der Waals surface area contributed by atoms with Crippen molar-refractivity contribution in [2.45, 2.75) is 0 Å². The highest BCUT2D eigenvalue weighted by Crippen LogP contribution is 2.24. The molecule has 0 amide bonds. The molecule has 0 aliphatic rings. The summed E-state index contributed by atoms with van der Waals surface area (Å²) in [5, 5.41) is 5.95. The SMILES string of the molecule is COc1cccc(Nc2ncc(F)c(Nc3cccc(OC)c3)n2)c1. The van der Waals surface area contributed by atoms with E-state index < -0.39 is 5.82 Å². The molecule has 0 radical (unpaired) electrons. The molecule has 3 aromatic rings. The minimum Gasteiger partial charge on any atom is -0.497 e. The Labute approximate surface area is 144 Å². The zero-order chi connectivity index (χ0) is 17.6. The first kappa shape index (κ1) is 16.5. The third-order valence-corrected chi connectivity index (χ3v) is 3.40. The van der Waals surface area contributed by atoms with Crippen LogP contribution >= 0.6 is 0 Å². The zero-order valence-corrected chi connectivity index (χ0v) is 13.8. The molecule has 3 rings (SSSR count). The highest BCUT2D eigenvalue weighted by Gasteiger charge is 2.08. The van der Waals surface area contributed by atoms with Crippen LogP contribution in [0.2, 0.25) is 0 Å². The second-order valence-electron chi connectivity index (χ2n) is 5.10. The fourth-order valence-electron chi connectivity index (χ4n) is 2.18. The molecule has 7 heteroatoms. The summed E-state index contributed by atoms with van der Waals surface area (Å²) in [7, 11) is 3.16. The molecule has 2 N–H and O–H groups in total. The molecule has 128 valence electrons. The van der Waals surface area contributed by atoms with E-state index in [1.807, 2.05) is 18.2 Å². The summed E-state index contributed by atoms with van der Waals surface area (Å²) >= 11 is 0. The minimum absolute atomic E-state index is 0.0636. The van der Waals surface area contributed by atoms with Crippen LogP contribution in [-0.2, 0) is 0 Å². The first-order valence-electron chi connectivity index (χ1n) is 7.52. The third kappa shape index (κ3) is 4.14. The van der Waals surface area contributed by atoms with Gasteiger partial charge in [-0.1, -0.05) is 12.1 Å². The Kier molecular flexibility index (Phi) is 4.94.